The Morgan fingerprint density at radius 3 is 2.84 bits per heavy atom. The summed E-state index contributed by atoms with van der Waals surface area (Å²) in [7, 11) is 1.85. The molecule has 0 saturated heterocycles. The summed E-state index contributed by atoms with van der Waals surface area (Å²) in [5.74, 6) is -0.315. The van der Waals surface area contributed by atoms with E-state index in [0.29, 0.717) is 17.0 Å². The standard InChI is InChI=1S/C14H17ClFN3/c1-3-14-10(8-19(2)18-14)13(17)7-9-11(15)5-4-6-12(9)16/h4-6,8,13H,3,7,17H2,1-2H3. The number of nitrogens with zero attached hydrogens (tertiary/aromatic N) is 2. The van der Waals surface area contributed by atoms with Gasteiger partial charge in [-0.3, -0.25) is 4.68 Å². The first kappa shape index (κ1) is 14.0. The monoisotopic (exact) mass is 281 g/mol. The molecule has 1 aromatic heterocycles. The molecular weight excluding hydrogens is 265 g/mol. The molecule has 2 N–H and O–H groups in total. The maximum atomic E-state index is 13.8. The lowest BCUT2D eigenvalue weighted by Gasteiger charge is -2.13. The van der Waals surface area contributed by atoms with E-state index in [1.54, 1.807) is 16.8 Å². The summed E-state index contributed by atoms with van der Waals surface area (Å²) in [5, 5.41) is 4.76. The Kier molecular flexibility index (Phi) is 4.22. The van der Waals surface area contributed by atoms with Gasteiger partial charge in [0.1, 0.15) is 5.82 Å². The van der Waals surface area contributed by atoms with Crippen molar-refractivity contribution in [1.82, 2.24) is 9.78 Å². The summed E-state index contributed by atoms with van der Waals surface area (Å²) in [5.41, 5.74) is 8.53. The summed E-state index contributed by atoms with van der Waals surface area (Å²) in [4.78, 5) is 0. The van der Waals surface area contributed by atoms with Crippen molar-refractivity contribution >= 4 is 11.6 Å². The fraction of sp³-hybridized carbons (Fsp3) is 0.357. The van der Waals surface area contributed by atoms with Gasteiger partial charge in [-0.2, -0.15) is 5.10 Å². The molecule has 3 nitrogen and oxygen atoms in total. The smallest absolute Gasteiger partial charge is 0.127 e. The SMILES string of the molecule is CCc1nn(C)cc1C(N)Cc1c(F)cccc1Cl. The van der Waals surface area contributed by atoms with Gasteiger partial charge in [-0.1, -0.05) is 24.6 Å². The van der Waals surface area contributed by atoms with Crippen LogP contribution < -0.4 is 5.73 Å². The van der Waals surface area contributed by atoms with E-state index in [1.807, 2.05) is 20.2 Å². The van der Waals surface area contributed by atoms with Gasteiger partial charge in [-0.05, 0) is 25.0 Å². The predicted molar refractivity (Wildman–Crippen MR) is 74.6 cm³/mol. The highest BCUT2D eigenvalue weighted by Crippen LogP contribution is 2.25. The topological polar surface area (TPSA) is 43.8 Å². The third-order valence-electron chi connectivity index (χ3n) is 3.16. The van der Waals surface area contributed by atoms with Crippen LogP contribution in [0.4, 0.5) is 4.39 Å². The lowest BCUT2D eigenvalue weighted by molar-refractivity contribution is 0.592. The van der Waals surface area contributed by atoms with Crippen molar-refractivity contribution in [2.24, 2.45) is 12.8 Å². The number of halogens is 2. The van der Waals surface area contributed by atoms with Gasteiger partial charge in [0, 0.05) is 35.4 Å². The van der Waals surface area contributed by atoms with E-state index in [-0.39, 0.29) is 11.9 Å². The van der Waals surface area contributed by atoms with Crippen molar-refractivity contribution in [3.05, 3.63) is 52.1 Å². The van der Waals surface area contributed by atoms with Gasteiger partial charge in [0.2, 0.25) is 0 Å². The van der Waals surface area contributed by atoms with Crippen molar-refractivity contribution in [2.45, 2.75) is 25.8 Å². The number of rotatable bonds is 4. The molecule has 102 valence electrons. The molecule has 0 spiro atoms. The average molecular weight is 282 g/mol. The maximum Gasteiger partial charge on any atom is 0.127 e. The zero-order valence-electron chi connectivity index (χ0n) is 11.0. The lowest BCUT2D eigenvalue weighted by atomic mass is 9.99. The minimum Gasteiger partial charge on any atom is -0.324 e. The molecule has 1 unspecified atom stereocenters. The van der Waals surface area contributed by atoms with Crippen molar-refractivity contribution < 1.29 is 4.39 Å². The van der Waals surface area contributed by atoms with E-state index in [9.17, 15) is 4.39 Å². The van der Waals surface area contributed by atoms with Gasteiger partial charge >= 0.3 is 0 Å². The minimum absolute atomic E-state index is 0.307. The first-order chi connectivity index (χ1) is 9.02. The minimum atomic E-state index is -0.315. The van der Waals surface area contributed by atoms with E-state index in [0.717, 1.165) is 17.7 Å². The number of benzene rings is 1. The third-order valence-corrected chi connectivity index (χ3v) is 3.51. The van der Waals surface area contributed by atoms with Crippen LogP contribution in [0.5, 0.6) is 0 Å². The predicted octanol–water partition coefficient (Wildman–Crippen LogP) is 3.02. The highest BCUT2D eigenvalue weighted by atomic mass is 35.5. The molecule has 0 aliphatic carbocycles. The largest absolute Gasteiger partial charge is 0.324 e. The molecule has 0 radical (unpaired) electrons. The molecule has 0 aliphatic rings. The molecule has 1 atom stereocenters. The summed E-state index contributed by atoms with van der Waals surface area (Å²) < 4.78 is 15.5. The number of nitrogens with two attached hydrogens (primary N) is 1. The maximum absolute atomic E-state index is 13.8. The second-order valence-corrected chi connectivity index (χ2v) is 4.98. The van der Waals surface area contributed by atoms with Crippen LogP contribution in [0.15, 0.2) is 24.4 Å². The Balaban J connectivity index is 2.28. The third kappa shape index (κ3) is 2.96. The number of aryl methyl sites for hydroxylation is 2. The van der Waals surface area contributed by atoms with Crippen LogP contribution in [0.1, 0.15) is 29.8 Å². The summed E-state index contributed by atoms with van der Waals surface area (Å²) in [6.07, 6.45) is 3.05. The molecule has 2 rings (SSSR count). The van der Waals surface area contributed by atoms with E-state index in [4.69, 9.17) is 17.3 Å². The number of aromatic nitrogens is 2. The van der Waals surface area contributed by atoms with Gasteiger partial charge in [0.25, 0.3) is 0 Å². The normalized spacial score (nSPS) is 12.7. The quantitative estimate of drug-likeness (QED) is 0.936. The van der Waals surface area contributed by atoms with Gasteiger partial charge in [-0.15, -0.1) is 0 Å². The second-order valence-electron chi connectivity index (χ2n) is 4.57. The Bertz CT molecular complexity index is 560. The molecular formula is C14H17ClFN3. The molecule has 5 heteroatoms. The van der Waals surface area contributed by atoms with Gasteiger partial charge in [0.05, 0.1) is 5.69 Å². The van der Waals surface area contributed by atoms with Crippen LogP contribution in [0.25, 0.3) is 0 Å². The van der Waals surface area contributed by atoms with Crippen molar-refractivity contribution in [1.29, 1.82) is 0 Å². The first-order valence-electron chi connectivity index (χ1n) is 6.23. The highest BCUT2D eigenvalue weighted by Gasteiger charge is 2.17. The zero-order valence-corrected chi connectivity index (χ0v) is 11.8. The molecule has 1 heterocycles. The number of hydrogen-bond donors (Lipinski definition) is 1. The van der Waals surface area contributed by atoms with Crippen LogP contribution in [0.2, 0.25) is 5.02 Å². The molecule has 0 amide bonds. The van der Waals surface area contributed by atoms with Crippen LogP contribution in [-0.2, 0) is 19.9 Å². The molecule has 1 aromatic carbocycles. The summed E-state index contributed by atoms with van der Waals surface area (Å²) in [6, 6.07) is 4.36. The second kappa shape index (κ2) is 5.72. The summed E-state index contributed by atoms with van der Waals surface area (Å²) in [6.45, 7) is 2.02. The summed E-state index contributed by atoms with van der Waals surface area (Å²) >= 11 is 6.02. The van der Waals surface area contributed by atoms with Crippen LogP contribution in [0.3, 0.4) is 0 Å². The molecule has 2 aromatic rings. The van der Waals surface area contributed by atoms with E-state index < -0.39 is 0 Å². The van der Waals surface area contributed by atoms with Crippen molar-refractivity contribution in [3.63, 3.8) is 0 Å². The lowest BCUT2D eigenvalue weighted by Crippen LogP contribution is -2.15. The molecule has 0 fully saturated rings. The van der Waals surface area contributed by atoms with E-state index >= 15 is 0 Å². The molecule has 0 saturated carbocycles. The average Bonchev–Trinajstić information content (AvgIpc) is 2.75. The van der Waals surface area contributed by atoms with Crippen molar-refractivity contribution in [2.75, 3.05) is 0 Å². The Hall–Kier alpha value is -1.39. The van der Waals surface area contributed by atoms with Crippen LogP contribution in [-0.4, -0.2) is 9.78 Å². The Labute approximate surface area is 117 Å². The van der Waals surface area contributed by atoms with Crippen molar-refractivity contribution in [3.8, 4) is 0 Å². The Morgan fingerprint density at radius 1 is 1.47 bits per heavy atom. The Morgan fingerprint density at radius 2 is 2.21 bits per heavy atom. The van der Waals surface area contributed by atoms with E-state index in [2.05, 4.69) is 5.10 Å². The fourth-order valence-electron chi connectivity index (χ4n) is 2.19. The van der Waals surface area contributed by atoms with Crippen LogP contribution >= 0.6 is 11.6 Å². The molecule has 0 aliphatic heterocycles. The first-order valence-corrected chi connectivity index (χ1v) is 6.61. The highest BCUT2D eigenvalue weighted by molar-refractivity contribution is 6.31. The molecule has 19 heavy (non-hydrogen) atoms. The molecule has 0 bridgehead atoms. The van der Waals surface area contributed by atoms with Gasteiger partial charge in [0.15, 0.2) is 0 Å². The van der Waals surface area contributed by atoms with Gasteiger partial charge < -0.3 is 5.73 Å². The van der Waals surface area contributed by atoms with E-state index in [1.165, 1.54) is 6.07 Å². The van der Waals surface area contributed by atoms with Crippen LogP contribution in [0, 0.1) is 5.82 Å². The fourth-order valence-corrected chi connectivity index (χ4v) is 2.43. The zero-order chi connectivity index (χ0) is 14.0. The van der Waals surface area contributed by atoms with Gasteiger partial charge in [-0.25, -0.2) is 4.39 Å². The number of hydrogen-bond acceptors (Lipinski definition) is 2.